The molecule has 1 amide bonds. The quantitative estimate of drug-likeness (QED) is 0.143. The Labute approximate surface area is 259 Å². The maximum absolute atomic E-state index is 13.6. The minimum Gasteiger partial charge on any atom is -0.496 e. The lowest BCUT2D eigenvalue weighted by atomic mass is 10.2. The molecule has 0 unspecified atom stereocenters. The van der Waals surface area contributed by atoms with E-state index in [2.05, 4.69) is 33.0 Å². The summed E-state index contributed by atoms with van der Waals surface area (Å²) in [4.78, 5) is 30.7. The average Bonchev–Trinajstić information content (AvgIpc) is 3.46. The lowest BCUT2D eigenvalue weighted by molar-refractivity contribution is -0.118. The third kappa shape index (κ3) is 6.00. The molecule has 0 aliphatic rings. The van der Waals surface area contributed by atoms with Crippen LogP contribution in [0.2, 0.25) is 0 Å². The van der Waals surface area contributed by atoms with Gasteiger partial charge in [0.25, 0.3) is 11.5 Å². The summed E-state index contributed by atoms with van der Waals surface area (Å²) in [5.41, 5.74) is 3.34. The summed E-state index contributed by atoms with van der Waals surface area (Å²) < 4.78 is 19.3. The lowest BCUT2D eigenvalue weighted by Crippen LogP contribution is -2.20. The van der Waals surface area contributed by atoms with Crippen molar-refractivity contribution < 1.29 is 18.7 Å². The van der Waals surface area contributed by atoms with Crippen molar-refractivity contribution in [2.24, 2.45) is 5.10 Å². The number of halogens is 1. The molecule has 0 spiro atoms. The number of rotatable bonds is 8. The van der Waals surface area contributed by atoms with Crippen molar-refractivity contribution >= 4 is 62.3 Å². The second kappa shape index (κ2) is 12.1. The first-order valence-electron chi connectivity index (χ1n) is 13.3. The number of hydrogen-bond donors (Lipinski definition) is 1. The molecule has 0 atom stereocenters. The summed E-state index contributed by atoms with van der Waals surface area (Å²) in [7, 11) is 1.59. The molecule has 0 saturated carbocycles. The number of aromatic nitrogens is 2. The molecule has 10 heteroatoms. The summed E-state index contributed by atoms with van der Waals surface area (Å²) in [5, 5.41) is 8.54. The van der Waals surface area contributed by atoms with Gasteiger partial charge in [-0.15, -0.1) is 0 Å². The molecule has 2 heterocycles. The molecule has 214 valence electrons. The van der Waals surface area contributed by atoms with E-state index in [4.69, 9.17) is 18.9 Å². The normalized spacial score (nSPS) is 11.3. The minimum absolute atomic E-state index is 0.138. The second-order valence-electron chi connectivity index (χ2n) is 9.69. The Hall–Kier alpha value is -4.97. The number of nitrogens with zero attached hydrogens (tertiary/aromatic N) is 3. The molecule has 0 radical (unpaired) electrons. The van der Waals surface area contributed by atoms with E-state index in [0.717, 1.165) is 20.1 Å². The molecule has 0 aliphatic carbocycles. The number of fused-ring (bicyclic) bond motifs is 2. The number of ether oxygens (including phenoxy) is 2. The first kappa shape index (κ1) is 28.2. The Morgan fingerprint density at radius 3 is 2.60 bits per heavy atom. The van der Waals surface area contributed by atoms with Crippen molar-refractivity contribution in [3.05, 3.63) is 116 Å². The second-order valence-corrected chi connectivity index (χ2v) is 10.9. The van der Waals surface area contributed by atoms with Crippen LogP contribution in [0, 0.1) is 10.5 Å². The van der Waals surface area contributed by atoms with Crippen LogP contribution in [0.25, 0.3) is 33.5 Å². The Morgan fingerprint density at radius 2 is 1.81 bits per heavy atom. The first-order valence-corrected chi connectivity index (χ1v) is 14.4. The highest BCUT2D eigenvalue weighted by Crippen LogP contribution is 2.33. The van der Waals surface area contributed by atoms with Gasteiger partial charge in [0.2, 0.25) is 5.82 Å². The van der Waals surface area contributed by atoms with E-state index in [9.17, 15) is 9.59 Å². The number of anilines is 1. The highest BCUT2D eigenvalue weighted by Gasteiger charge is 2.18. The number of aryl methyl sites for hydroxylation is 1. The lowest BCUT2D eigenvalue weighted by Gasteiger charge is -2.10. The van der Waals surface area contributed by atoms with Crippen LogP contribution in [-0.4, -0.2) is 35.5 Å². The van der Waals surface area contributed by atoms with Gasteiger partial charge in [0.15, 0.2) is 12.4 Å². The van der Waals surface area contributed by atoms with Gasteiger partial charge >= 0.3 is 0 Å². The van der Waals surface area contributed by atoms with Crippen molar-refractivity contribution in [1.82, 2.24) is 9.66 Å². The Kier molecular flexibility index (Phi) is 7.93. The first-order chi connectivity index (χ1) is 20.9. The van der Waals surface area contributed by atoms with E-state index in [0.29, 0.717) is 39.4 Å². The smallest absolute Gasteiger partial charge is 0.282 e. The van der Waals surface area contributed by atoms with Gasteiger partial charge in [0, 0.05) is 5.69 Å². The third-order valence-corrected chi connectivity index (χ3v) is 7.53. The molecule has 6 aromatic rings. The van der Waals surface area contributed by atoms with Crippen molar-refractivity contribution in [1.29, 1.82) is 0 Å². The van der Waals surface area contributed by atoms with Crippen LogP contribution in [0.15, 0.2) is 105 Å². The van der Waals surface area contributed by atoms with Crippen LogP contribution >= 0.6 is 22.6 Å². The zero-order chi connectivity index (χ0) is 29.9. The van der Waals surface area contributed by atoms with Gasteiger partial charge in [-0.1, -0.05) is 35.9 Å². The van der Waals surface area contributed by atoms with Gasteiger partial charge in [0.05, 0.1) is 33.2 Å². The standard InChI is InChI=1S/C33H25IN4O5/c1-20-10-13-22(14-11-20)36-31(39)19-42-29-15-12-21(16-25(29)34)18-35-38-32(37-26-7-4-3-6-23(26)33(38)40)30-17-24-27(41-2)8-5-9-28(24)43-30/h3-18H,19H2,1-2H3,(H,36,39). The zero-order valence-corrected chi connectivity index (χ0v) is 25.4. The van der Waals surface area contributed by atoms with Crippen LogP contribution in [-0.2, 0) is 4.79 Å². The molecule has 6 rings (SSSR count). The average molecular weight is 684 g/mol. The highest BCUT2D eigenvalue weighted by molar-refractivity contribution is 14.1. The fourth-order valence-corrected chi connectivity index (χ4v) is 5.22. The number of hydrogen-bond acceptors (Lipinski definition) is 7. The maximum atomic E-state index is 13.6. The van der Waals surface area contributed by atoms with Crippen LogP contribution in [0.5, 0.6) is 11.5 Å². The molecule has 0 aliphatic heterocycles. The molecule has 4 aromatic carbocycles. The number of carbonyl (C=O) groups excluding carboxylic acids is 1. The van der Waals surface area contributed by atoms with Crippen molar-refractivity contribution in [3.63, 3.8) is 0 Å². The van der Waals surface area contributed by atoms with E-state index in [1.165, 1.54) is 4.68 Å². The number of carbonyl (C=O) groups is 1. The van der Waals surface area contributed by atoms with Crippen LogP contribution in [0.3, 0.4) is 0 Å². The van der Waals surface area contributed by atoms with E-state index < -0.39 is 0 Å². The monoisotopic (exact) mass is 684 g/mol. The summed E-state index contributed by atoms with van der Waals surface area (Å²) in [6.07, 6.45) is 1.57. The van der Waals surface area contributed by atoms with Crippen LogP contribution in [0.1, 0.15) is 11.1 Å². The summed E-state index contributed by atoms with van der Waals surface area (Å²) in [6.45, 7) is 1.85. The molecule has 1 N–H and O–H groups in total. The predicted molar refractivity (Wildman–Crippen MR) is 175 cm³/mol. The molecular formula is C33H25IN4O5. The molecule has 0 saturated heterocycles. The van der Waals surface area contributed by atoms with E-state index >= 15 is 0 Å². The Bertz CT molecular complexity index is 2070. The minimum atomic E-state index is -0.335. The molecule has 43 heavy (non-hydrogen) atoms. The number of methoxy groups -OCH3 is 1. The summed E-state index contributed by atoms with van der Waals surface area (Å²) in [5.74, 6) is 1.58. The molecular weight excluding hydrogens is 659 g/mol. The van der Waals surface area contributed by atoms with Gasteiger partial charge in [-0.2, -0.15) is 9.78 Å². The number of furan rings is 1. The van der Waals surface area contributed by atoms with Crippen molar-refractivity contribution in [2.45, 2.75) is 6.92 Å². The molecule has 2 aromatic heterocycles. The molecule has 0 fully saturated rings. The number of para-hydroxylation sites is 1. The van der Waals surface area contributed by atoms with Gasteiger partial charge in [-0.3, -0.25) is 9.59 Å². The van der Waals surface area contributed by atoms with E-state index in [1.54, 1.807) is 49.7 Å². The van der Waals surface area contributed by atoms with E-state index in [1.807, 2.05) is 61.5 Å². The Balaban J connectivity index is 1.28. The van der Waals surface area contributed by atoms with Crippen molar-refractivity contribution in [3.8, 4) is 23.1 Å². The Morgan fingerprint density at radius 1 is 1.00 bits per heavy atom. The largest absolute Gasteiger partial charge is 0.496 e. The summed E-state index contributed by atoms with van der Waals surface area (Å²) >= 11 is 2.14. The maximum Gasteiger partial charge on any atom is 0.282 e. The molecule has 0 bridgehead atoms. The van der Waals surface area contributed by atoms with Crippen LogP contribution in [0.4, 0.5) is 5.69 Å². The fraction of sp³-hybridized carbons (Fsp3) is 0.0909. The summed E-state index contributed by atoms with van der Waals surface area (Å²) in [6, 6.07) is 27.3. The predicted octanol–water partition coefficient (Wildman–Crippen LogP) is 6.63. The number of amides is 1. The number of nitrogens with one attached hydrogen (secondary N) is 1. The number of benzene rings is 4. The van der Waals surface area contributed by atoms with Gasteiger partial charge in [-0.25, -0.2) is 4.98 Å². The van der Waals surface area contributed by atoms with Crippen molar-refractivity contribution in [2.75, 3.05) is 19.0 Å². The third-order valence-electron chi connectivity index (χ3n) is 6.69. The van der Waals surface area contributed by atoms with Gasteiger partial charge < -0.3 is 19.2 Å². The van der Waals surface area contributed by atoms with Gasteiger partial charge in [-0.05, 0) is 95.7 Å². The SMILES string of the molecule is COc1cccc2oc(-c3nc4ccccc4c(=O)n3N=Cc3ccc(OCC(=O)Nc4ccc(C)cc4)c(I)c3)cc12. The zero-order valence-electron chi connectivity index (χ0n) is 23.2. The van der Waals surface area contributed by atoms with E-state index in [-0.39, 0.29) is 23.9 Å². The van der Waals surface area contributed by atoms with Gasteiger partial charge in [0.1, 0.15) is 17.1 Å². The van der Waals surface area contributed by atoms with Crippen LogP contribution < -0.4 is 20.3 Å². The fourth-order valence-electron chi connectivity index (χ4n) is 4.53. The molecule has 9 nitrogen and oxygen atoms in total. The topological polar surface area (TPSA) is 108 Å². The highest BCUT2D eigenvalue weighted by atomic mass is 127.